The number of rotatable bonds is 6. The van der Waals surface area contributed by atoms with Crippen molar-refractivity contribution in [1.82, 2.24) is 19.9 Å². The summed E-state index contributed by atoms with van der Waals surface area (Å²) in [7, 11) is 3.20. The Hall–Kier alpha value is -4.00. The Morgan fingerprint density at radius 2 is 1.88 bits per heavy atom. The Labute approximate surface area is 200 Å². The zero-order valence-electron chi connectivity index (χ0n) is 20.8. The molecule has 0 fully saturated rings. The lowest BCUT2D eigenvalue weighted by molar-refractivity contribution is -0.120. The summed E-state index contributed by atoms with van der Waals surface area (Å²) >= 11 is 0. The van der Waals surface area contributed by atoms with Crippen molar-refractivity contribution < 1.29 is 14.3 Å². The number of terminal acetylenes is 1. The zero-order chi connectivity index (χ0) is 25.8. The van der Waals surface area contributed by atoms with Gasteiger partial charge in [-0.15, -0.1) is 6.42 Å². The van der Waals surface area contributed by atoms with Gasteiger partial charge in [0.05, 0.1) is 17.1 Å². The van der Waals surface area contributed by atoms with Crippen molar-refractivity contribution in [2.45, 2.75) is 53.2 Å². The number of hydrogen-bond donors (Lipinski definition) is 3. The smallest absolute Gasteiger partial charge is 0.410 e. The molecule has 2 heterocycles. The highest BCUT2D eigenvalue weighted by Gasteiger charge is 2.27. The van der Waals surface area contributed by atoms with Crippen LogP contribution in [0.5, 0.6) is 0 Å². The lowest BCUT2D eigenvalue weighted by atomic mass is 10.1. The van der Waals surface area contributed by atoms with Gasteiger partial charge >= 0.3 is 6.09 Å². The van der Waals surface area contributed by atoms with Crippen LogP contribution in [0.15, 0.2) is 12.1 Å². The van der Waals surface area contributed by atoms with Gasteiger partial charge in [-0.2, -0.15) is 0 Å². The van der Waals surface area contributed by atoms with E-state index in [4.69, 9.17) is 16.6 Å². The zero-order valence-corrected chi connectivity index (χ0v) is 20.8. The second-order valence-electron chi connectivity index (χ2n) is 8.75. The molecule has 0 aliphatic rings. The molecule has 34 heavy (non-hydrogen) atoms. The van der Waals surface area contributed by atoms with E-state index < -0.39 is 23.6 Å². The normalized spacial score (nSPS) is 11.7. The molecule has 2 rings (SSSR count). The average Bonchev–Trinajstić information content (AvgIpc) is 2.75. The second-order valence-corrected chi connectivity index (χ2v) is 8.75. The molecule has 1 unspecified atom stereocenters. The fourth-order valence-electron chi connectivity index (χ4n) is 2.99. The van der Waals surface area contributed by atoms with Crippen molar-refractivity contribution in [2.24, 2.45) is 0 Å². The SMILES string of the molecule is C#Cc1cc(-c2nc(C)nc(C(C)=N)c2NC)cc(NC(=O)C(C)N(C)C(=O)OC(C)(C)C)n1. The standard InChI is InChI=1S/C24H31N7O3/c1-10-17-11-16(20-21(26-8)19(13(2)25)27-15(4)28-20)12-18(29-17)30-22(32)14(3)31(9)23(33)34-24(5,6)7/h1,11-12,14,25-26H,2-9H3,(H,29,30,32). The topological polar surface area (TPSA) is 133 Å². The molecule has 0 spiro atoms. The third-order valence-electron chi connectivity index (χ3n) is 4.77. The summed E-state index contributed by atoms with van der Waals surface area (Å²) in [5.41, 5.74) is 1.99. The van der Waals surface area contributed by atoms with Gasteiger partial charge in [0.2, 0.25) is 5.91 Å². The molecule has 2 aromatic heterocycles. The number of pyridine rings is 1. The Balaban J connectivity index is 2.43. The number of ether oxygens (including phenoxy) is 1. The molecule has 0 radical (unpaired) electrons. The fourth-order valence-corrected chi connectivity index (χ4v) is 2.99. The monoisotopic (exact) mass is 465 g/mol. The van der Waals surface area contributed by atoms with Crippen molar-refractivity contribution in [3.63, 3.8) is 0 Å². The summed E-state index contributed by atoms with van der Waals surface area (Å²) in [5, 5.41) is 13.8. The van der Waals surface area contributed by atoms with Gasteiger partial charge in [-0.1, -0.05) is 5.92 Å². The molecule has 0 aliphatic heterocycles. The van der Waals surface area contributed by atoms with Crippen LogP contribution < -0.4 is 10.6 Å². The van der Waals surface area contributed by atoms with E-state index in [2.05, 4.69) is 31.5 Å². The van der Waals surface area contributed by atoms with Gasteiger partial charge in [0.15, 0.2) is 0 Å². The van der Waals surface area contributed by atoms with Gasteiger partial charge in [0.25, 0.3) is 0 Å². The Kier molecular flexibility index (Phi) is 7.95. The van der Waals surface area contributed by atoms with E-state index in [1.807, 2.05) is 0 Å². The number of aromatic nitrogens is 3. The first-order valence-electron chi connectivity index (χ1n) is 10.6. The minimum atomic E-state index is -0.837. The lowest BCUT2D eigenvalue weighted by Gasteiger charge is -2.28. The maximum atomic E-state index is 12.9. The number of nitrogens with zero attached hydrogens (tertiary/aromatic N) is 4. The molecular formula is C24H31N7O3. The van der Waals surface area contributed by atoms with E-state index in [0.717, 1.165) is 0 Å². The molecule has 10 nitrogen and oxygen atoms in total. The molecule has 0 saturated heterocycles. The van der Waals surface area contributed by atoms with Crippen molar-refractivity contribution in [2.75, 3.05) is 24.7 Å². The molecule has 0 aliphatic carbocycles. The van der Waals surface area contributed by atoms with E-state index in [1.165, 1.54) is 11.9 Å². The maximum absolute atomic E-state index is 12.9. The van der Waals surface area contributed by atoms with Gasteiger partial charge in [0, 0.05) is 19.7 Å². The highest BCUT2D eigenvalue weighted by atomic mass is 16.6. The predicted molar refractivity (Wildman–Crippen MR) is 132 cm³/mol. The number of likely N-dealkylation sites (N-methyl/N-ethyl adjacent to an activating group) is 1. The lowest BCUT2D eigenvalue weighted by Crippen LogP contribution is -2.45. The van der Waals surface area contributed by atoms with Crippen LogP contribution in [0.3, 0.4) is 0 Å². The summed E-state index contributed by atoms with van der Waals surface area (Å²) in [4.78, 5) is 39.6. The first kappa shape index (κ1) is 26.3. The van der Waals surface area contributed by atoms with Gasteiger partial charge in [-0.3, -0.25) is 9.69 Å². The van der Waals surface area contributed by atoms with Crippen LogP contribution >= 0.6 is 0 Å². The van der Waals surface area contributed by atoms with Gasteiger partial charge < -0.3 is 20.8 Å². The third-order valence-corrected chi connectivity index (χ3v) is 4.77. The average molecular weight is 466 g/mol. The summed E-state index contributed by atoms with van der Waals surface area (Å²) in [6.07, 6.45) is 4.98. The quantitative estimate of drug-likeness (QED) is 0.439. The first-order chi connectivity index (χ1) is 15.8. The summed E-state index contributed by atoms with van der Waals surface area (Å²) in [5.74, 6) is 2.70. The number of carbonyl (C=O) groups is 2. The Bertz CT molecular complexity index is 1160. The first-order valence-corrected chi connectivity index (χ1v) is 10.6. The maximum Gasteiger partial charge on any atom is 0.410 e. The van der Waals surface area contributed by atoms with Crippen molar-refractivity contribution in [3.05, 3.63) is 29.3 Å². The highest BCUT2D eigenvalue weighted by molar-refractivity contribution is 6.02. The summed E-state index contributed by atoms with van der Waals surface area (Å²) in [6.45, 7) is 10.2. The Morgan fingerprint density at radius 3 is 2.41 bits per heavy atom. The van der Waals surface area contributed by atoms with E-state index in [-0.39, 0.29) is 17.2 Å². The number of anilines is 2. The molecule has 3 N–H and O–H groups in total. The number of aryl methyl sites for hydroxylation is 1. The van der Waals surface area contributed by atoms with E-state index in [0.29, 0.717) is 28.5 Å². The van der Waals surface area contributed by atoms with E-state index >= 15 is 0 Å². The van der Waals surface area contributed by atoms with Crippen molar-refractivity contribution in [1.29, 1.82) is 5.41 Å². The minimum Gasteiger partial charge on any atom is -0.444 e. The molecule has 0 bridgehead atoms. The number of carbonyl (C=O) groups excluding carboxylic acids is 2. The van der Waals surface area contributed by atoms with Crippen LogP contribution in [-0.2, 0) is 9.53 Å². The molecule has 10 heteroatoms. The number of nitrogens with one attached hydrogen (secondary N) is 3. The second kappa shape index (κ2) is 10.3. The molecule has 0 aromatic carbocycles. The van der Waals surface area contributed by atoms with Gasteiger partial charge in [0.1, 0.15) is 34.7 Å². The van der Waals surface area contributed by atoms with E-state index in [9.17, 15) is 9.59 Å². The summed E-state index contributed by atoms with van der Waals surface area (Å²) < 4.78 is 5.33. The molecule has 180 valence electrons. The van der Waals surface area contributed by atoms with Crippen LogP contribution in [0.25, 0.3) is 11.3 Å². The van der Waals surface area contributed by atoms with Crippen LogP contribution in [0.4, 0.5) is 16.3 Å². The fraction of sp³-hybridized carbons (Fsp3) is 0.417. The third kappa shape index (κ3) is 6.28. The van der Waals surface area contributed by atoms with Crippen LogP contribution in [-0.4, -0.2) is 63.3 Å². The van der Waals surface area contributed by atoms with Gasteiger partial charge in [-0.25, -0.2) is 19.7 Å². The van der Waals surface area contributed by atoms with Crippen LogP contribution in [0.2, 0.25) is 0 Å². The molecule has 1 atom stereocenters. The highest BCUT2D eigenvalue weighted by Crippen LogP contribution is 2.30. The largest absolute Gasteiger partial charge is 0.444 e. The number of amides is 2. The van der Waals surface area contributed by atoms with Crippen molar-refractivity contribution >= 4 is 29.2 Å². The molecule has 2 amide bonds. The summed E-state index contributed by atoms with van der Waals surface area (Å²) in [6, 6.07) is 2.46. The van der Waals surface area contributed by atoms with Crippen molar-refractivity contribution in [3.8, 4) is 23.6 Å². The predicted octanol–water partition coefficient (Wildman–Crippen LogP) is 3.45. The molecule has 2 aromatic rings. The Morgan fingerprint density at radius 1 is 1.24 bits per heavy atom. The van der Waals surface area contributed by atoms with E-state index in [1.54, 1.807) is 60.7 Å². The minimum absolute atomic E-state index is 0.200. The van der Waals surface area contributed by atoms with Gasteiger partial charge in [-0.05, 0) is 53.7 Å². The van der Waals surface area contributed by atoms with Crippen LogP contribution in [0.1, 0.15) is 51.8 Å². The molecular weight excluding hydrogens is 434 g/mol. The molecule has 0 saturated carbocycles. The number of hydrogen-bond acceptors (Lipinski definition) is 8. The van der Waals surface area contributed by atoms with Crippen LogP contribution in [0, 0.1) is 24.7 Å².